The quantitative estimate of drug-likeness (QED) is 0.312. The lowest BCUT2D eigenvalue weighted by molar-refractivity contribution is -0.136. The van der Waals surface area contributed by atoms with E-state index in [-0.39, 0.29) is 17.7 Å². The van der Waals surface area contributed by atoms with Gasteiger partial charge >= 0.3 is 5.97 Å². The van der Waals surface area contributed by atoms with Crippen LogP contribution in [0.4, 0.5) is 10.2 Å². The van der Waals surface area contributed by atoms with Crippen molar-refractivity contribution in [1.82, 2.24) is 19.9 Å². The molecular formula is C32H50FN5O4. The first-order chi connectivity index (χ1) is 19.5. The predicted octanol–water partition coefficient (Wildman–Crippen LogP) is 5.76. The molecule has 3 heterocycles. The molecule has 9 nitrogen and oxygen atoms in total. The number of aldehydes is 1. The lowest BCUT2D eigenvalue weighted by Crippen LogP contribution is -2.39. The third-order valence-electron chi connectivity index (χ3n) is 6.37. The lowest BCUT2D eigenvalue weighted by Gasteiger charge is -2.38. The number of carbonyl (C=O) groups is 2. The Kier molecular flexibility index (Phi) is 14.2. The molecule has 42 heavy (non-hydrogen) atoms. The van der Waals surface area contributed by atoms with Crippen LogP contribution >= 0.6 is 0 Å². The molecular weight excluding hydrogens is 537 g/mol. The van der Waals surface area contributed by atoms with Gasteiger partial charge in [0.15, 0.2) is 11.9 Å². The van der Waals surface area contributed by atoms with Crippen LogP contribution in [-0.4, -0.2) is 62.8 Å². The largest absolute Gasteiger partial charge is 0.481 e. The number of hydrogen-bond donors (Lipinski definition) is 3. The van der Waals surface area contributed by atoms with Crippen LogP contribution in [0.15, 0.2) is 24.3 Å². The molecule has 0 atom stereocenters. The molecule has 1 aromatic carbocycles. The number of benzene rings is 1. The SMILES string of the molecule is CC.CC(C)(C)O.CNCc1ccc(F)c(C)c1.Cc1nc2cc(C=O)nn2c(N2CCC(C)(C)CC2)c1CC(=O)O. The van der Waals surface area contributed by atoms with E-state index in [1.807, 2.05) is 33.9 Å². The van der Waals surface area contributed by atoms with Crippen molar-refractivity contribution in [2.75, 3.05) is 25.0 Å². The molecule has 1 saturated heterocycles. The molecule has 1 aliphatic heterocycles. The summed E-state index contributed by atoms with van der Waals surface area (Å²) in [6, 6.07) is 6.77. The van der Waals surface area contributed by atoms with Crippen LogP contribution in [0.1, 0.15) is 94.2 Å². The van der Waals surface area contributed by atoms with Gasteiger partial charge in [0.05, 0.1) is 12.0 Å². The van der Waals surface area contributed by atoms with Crippen LogP contribution in [0.2, 0.25) is 0 Å². The number of rotatable bonds is 6. The van der Waals surface area contributed by atoms with Crippen LogP contribution in [0.25, 0.3) is 5.65 Å². The highest BCUT2D eigenvalue weighted by Gasteiger charge is 2.29. The van der Waals surface area contributed by atoms with E-state index in [9.17, 15) is 19.1 Å². The summed E-state index contributed by atoms with van der Waals surface area (Å²) in [6.07, 6.45) is 2.61. The third-order valence-corrected chi connectivity index (χ3v) is 6.37. The fraction of sp³-hybridized carbons (Fsp3) is 0.562. The highest BCUT2D eigenvalue weighted by Crippen LogP contribution is 2.34. The van der Waals surface area contributed by atoms with E-state index >= 15 is 0 Å². The van der Waals surface area contributed by atoms with Crippen molar-refractivity contribution in [3.8, 4) is 0 Å². The molecule has 3 aromatic rings. The average Bonchev–Trinajstić information content (AvgIpc) is 3.30. The number of carbonyl (C=O) groups excluding carboxylic acids is 1. The minimum atomic E-state index is -0.902. The number of aliphatic carboxylic acids is 1. The van der Waals surface area contributed by atoms with Gasteiger partial charge in [-0.25, -0.2) is 9.37 Å². The van der Waals surface area contributed by atoms with Crippen LogP contribution in [0.3, 0.4) is 0 Å². The summed E-state index contributed by atoms with van der Waals surface area (Å²) in [4.78, 5) is 29.0. The van der Waals surface area contributed by atoms with Gasteiger partial charge < -0.3 is 20.4 Å². The number of aliphatic hydroxyl groups is 1. The highest BCUT2D eigenvalue weighted by molar-refractivity contribution is 5.77. The third kappa shape index (κ3) is 11.9. The van der Waals surface area contributed by atoms with Crippen molar-refractivity contribution in [3.63, 3.8) is 0 Å². The second-order valence-electron chi connectivity index (χ2n) is 12.0. The molecule has 4 rings (SSSR count). The number of nitrogens with one attached hydrogen (secondary N) is 1. The van der Waals surface area contributed by atoms with E-state index < -0.39 is 11.6 Å². The first-order valence-corrected chi connectivity index (χ1v) is 14.5. The van der Waals surface area contributed by atoms with E-state index in [2.05, 4.69) is 34.1 Å². The number of fused-ring (bicyclic) bond motifs is 1. The highest BCUT2D eigenvalue weighted by atomic mass is 19.1. The maximum absolute atomic E-state index is 12.7. The predicted molar refractivity (Wildman–Crippen MR) is 167 cm³/mol. The van der Waals surface area contributed by atoms with Gasteiger partial charge in [-0.05, 0) is 77.1 Å². The molecule has 3 N–H and O–H groups in total. The van der Waals surface area contributed by atoms with Crippen LogP contribution < -0.4 is 10.2 Å². The van der Waals surface area contributed by atoms with Gasteiger partial charge in [-0.2, -0.15) is 9.61 Å². The van der Waals surface area contributed by atoms with Crippen molar-refractivity contribution in [2.45, 2.75) is 93.7 Å². The maximum atomic E-state index is 12.7. The number of nitrogens with zero attached hydrogens (tertiary/aromatic N) is 4. The molecule has 0 radical (unpaired) electrons. The topological polar surface area (TPSA) is 120 Å². The number of hydrogen-bond acceptors (Lipinski definition) is 7. The molecule has 0 unspecified atom stereocenters. The molecule has 0 bridgehead atoms. The summed E-state index contributed by atoms with van der Waals surface area (Å²) in [5.74, 6) is -0.283. The number of halogens is 1. The van der Waals surface area contributed by atoms with E-state index in [1.165, 1.54) is 6.07 Å². The van der Waals surface area contributed by atoms with Crippen molar-refractivity contribution >= 4 is 23.7 Å². The Hall–Kier alpha value is -3.37. The number of anilines is 1. The monoisotopic (exact) mass is 587 g/mol. The van der Waals surface area contributed by atoms with Crippen LogP contribution in [0.5, 0.6) is 0 Å². The minimum absolute atomic E-state index is 0.111. The van der Waals surface area contributed by atoms with Crippen molar-refractivity contribution in [1.29, 1.82) is 0 Å². The van der Waals surface area contributed by atoms with Crippen molar-refractivity contribution in [2.24, 2.45) is 5.41 Å². The summed E-state index contributed by atoms with van der Waals surface area (Å²) in [7, 11) is 1.87. The molecule has 0 saturated carbocycles. The standard InChI is InChI=1S/C17H22N4O3.C9H12FN.C4H10O.C2H6/c1-11-13(9-15(23)24)16(20-6-4-17(2,3)5-7-20)21-14(18-11)8-12(10-22)19-21;1-7-5-8(6-11-2)3-4-9(7)10;1-4(2,3)5;1-2/h8,10H,4-7,9H2,1-3H3,(H,23,24);3-5,11H,6H2,1-2H3;5H,1-3H3;1-2H3. The first-order valence-electron chi connectivity index (χ1n) is 14.5. The summed E-state index contributed by atoms with van der Waals surface area (Å²) in [6.45, 7) is 19.7. The van der Waals surface area contributed by atoms with Crippen LogP contribution in [-0.2, 0) is 17.8 Å². The molecule has 0 amide bonds. The number of carboxylic acid groups (broad SMARTS) is 1. The molecule has 1 fully saturated rings. The summed E-state index contributed by atoms with van der Waals surface area (Å²) < 4.78 is 14.3. The summed E-state index contributed by atoms with van der Waals surface area (Å²) in [5.41, 5.74) is 3.81. The molecule has 1 aliphatic rings. The Morgan fingerprint density at radius 3 is 2.19 bits per heavy atom. The van der Waals surface area contributed by atoms with Crippen LogP contribution in [0, 0.1) is 25.1 Å². The van der Waals surface area contributed by atoms with Gasteiger partial charge in [0.25, 0.3) is 0 Å². The Balaban J connectivity index is 0.000000406. The molecule has 234 valence electrons. The van der Waals surface area contributed by atoms with E-state index in [0.717, 1.165) is 43.9 Å². The second kappa shape index (κ2) is 16.3. The van der Waals surface area contributed by atoms with Gasteiger partial charge in [0.1, 0.15) is 17.3 Å². The molecule has 10 heteroatoms. The zero-order chi connectivity index (χ0) is 32.3. The Morgan fingerprint density at radius 2 is 1.71 bits per heavy atom. The minimum Gasteiger partial charge on any atom is -0.481 e. The lowest BCUT2D eigenvalue weighted by atomic mass is 9.82. The normalized spacial score (nSPS) is 14.0. The van der Waals surface area contributed by atoms with E-state index in [0.29, 0.717) is 34.4 Å². The van der Waals surface area contributed by atoms with Gasteiger partial charge in [-0.3, -0.25) is 9.59 Å². The Morgan fingerprint density at radius 1 is 1.14 bits per heavy atom. The van der Waals surface area contributed by atoms with Gasteiger partial charge in [-0.15, -0.1) is 0 Å². The number of carboxylic acids is 1. The van der Waals surface area contributed by atoms with Gasteiger partial charge in [-0.1, -0.05) is 39.8 Å². The molecule has 2 aromatic heterocycles. The fourth-order valence-electron chi connectivity index (χ4n) is 4.24. The number of aromatic nitrogens is 3. The number of aryl methyl sites for hydroxylation is 2. The van der Waals surface area contributed by atoms with Gasteiger partial charge in [0.2, 0.25) is 0 Å². The molecule has 0 aliphatic carbocycles. The Labute approximate surface area is 250 Å². The maximum Gasteiger partial charge on any atom is 0.308 e. The Bertz CT molecular complexity index is 1300. The van der Waals surface area contributed by atoms with Gasteiger partial charge in [0, 0.05) is 37.0 Å². The summed E-state index contributed by atoms with van der Waals surface area (Å²) >= 11 is 0. The number of piperidine rings is 1. The van der Waals surface area contributed by atoms with E-state index in [1.54, 1.807) is 44.3 Å². The van der Waals surface area contributed by atoms with Crippen molar-refractivity contribution < 1.29 is 24.2 Å². The first kappa shape index (κ1) is 36.7. The average molecular weight is 588 g/mol. The zero-order valence-corrected chi connectivity index (χ0v) is 27.0. The molecule has 0 spiro atoms. The second-order valence-corrected chi connectivity index (χ2v) is 12.0. The van der Waals surface area contributed by atoms with Crippen molar-refractivity contribution in [3.05, 3.63) is 58.2 Å². The summed E-state index contributed by atoms with van der Waals surface area (Å²) in [5, 5.41) is 25.1. The zero-order valence-electron chi connectivity index (χ0n) is 27.0. The van der Waals surface area contributed by atoms with E-state index in [4.69, 9.17) is 5.11 Å². The fourth-order valence-corrected chi connectivity index (χ4v) is 4.24. The smallest absolute Gasteiger partial charge is 0.308 e.